The van der Waals surface area contributed by atoms with E-state index in [0.29, 0.717) is 0 Å². The van der Waals surface area contributed by atoms with Crippen molar-refractivity contribution in [2.45, 2.75) is 6.54 Å². The Morgan fingerprint density at radius 2 is 2.17 bits per heavy atom. The zero-order chi connectivity index (χ0) is 8.39. The van der Waals surface area contributed by atoms with Crippen molar-refractivity contribution in [2.75, 3.05) is 0 Å². The number of hydrogen-bond acceptors (Lipinski definition) is 2. The van der Waals surface area contributed by atoms with Gasteiger partial charge in [0.2, 0.25) is 0 Å². The van der Waals surface area contributed by atoms with E-state index in [1.807, 2.05) is 24.3 Å². The minimum absolute atomic E-state index is 0.733. The fourth-order valence-corrected chi connectivity index (χ4v) is 1.40. The molecule has 0 saturated heterocycles. The van der Waals surface area contributed by atoms with Crippen LogP contribution in [0.1, 0.15) is 11.1 Å². The summed E-state index contributed by atoms with van der Waals surface area (Å²) in [4.78, 5) is 10.6. The van der Waals surface area contributed by atoms with E-state index in [1.54, 1.807) is 6.20 Å². The first-order valence-electron chi connectivity index (χ1n) is 3.89. The molecular weight excluding hydrogens is 150 g/mol. The van der Waals surface area contributed by atoms with Crippen molar-refractivity contribution in [1.29, 1.82) is 0 Å². The molecule has 1 aliphatic rings. The van der Waals surface area contributed by atoms with E-state index in [2.05, 4.69) is 5.32 Å². The van der Waals surface area contributed by atoms with Crippen LogP contribution in [0.5, 0.6) is 0 Å². The monoisotopic (exact) mass is 159 g/mol. The Labute approximate surface area is 70.9 Å². The van der Waals surface area contributed by atoms with E-state index in [9.17, 15) is 4.79 Å². The molecule has 2 heteroatoms. The second kappa shape index (κ2) is 2.81. The van der Waals surface area contributed by atoms with Crippen molar-refractivity contribution >= 4 is 11.9 Å². The Kier molecular flexibility index (Phi) is 1.67. The van der Waals surface area contributed by atoms with Crippen molar-refractivity contribution in [3.05, 3.63) is 41.6 Å². The van der Waals surface area contributed by atoms with Crippen LogP contribution in [0, 0.1) is 0 Å². The molecule has 1 N–H and O–H groups in total. The Morgan fingerprint density at radius 1 is 1.33 bits per heavy atom. The maximum Gasteiger partial charge on any atom is 0.152 e. The van der Waals surface area contributed by atoms with Gasteiger partial charge in [-0.05, 0) is 11.1 Å². The number of rotatable bonds is 1. The normalized spacial score (nSPS) is 14.2. The van der Waals surface area contributed by atoms with Crippen molar-refractivity contribution in [1.82, 2.24) is 5.32 Å². The zero-order valence-corrected chi connectivity index (χ0v) is 6.58. The molecule has 0 bridgehead atoms. The highest BCUT2D eigenvalue weighted by Gasteiger charge is 2.09. The van der Waals surface area contributed by atoms with Gasteiger partial charge in [0, 0.05) is 18.3 Å². The maximum atomic E-state index is 10.6. The Bertz CT molecular complexity index is 341. The third kappa shape index (κ3) is 1.01. The Hall–Kier alpha value is -1.57. The number of nitrogens with one attached hydrogen (secondary N) is 1. The summed E-state index contributed by atoms with van der Waals surface area (Å²) in [5.41, 5.74) is 2.96. The molecule has 0 radical (unpaired) electrons. The van der Waals surface area contributed by atoms with E-state index in [0.717, 1.165) is 24.0 Å². The van der Waals surface area contributed by atoms with Crippen molar-refractivity contribution in [3.63, 3.8) is 0 Å². The predicted molar refractivity (Wildman–Crippen MR) is 47.3 cm³/mol. The number of allylic oxidation sites excluding steroid dienone is 1. The summed E-state index contributed by atoms with van der Waals surface area (Å²) < 4.78 is 0. The van der Waals surface area contributed by atoms with Crippen LogP contribution in [0.4, 0.5) is 0 Å². The molecule has 1 heterocycles. The first-order valence-corrected chi connectivity index (χ1v) is 3.89. The van der Waals surface area contributed by atoms with E-state index < -0.39 is 0 Å². The van der Waals surface area contributed by atoms with Gasteiger partial charge in [0.25, 0.3) is 0 Å². The SMILES string of the molecule is O=CC1=CNCc2ccccc21. The lowest BCUT2D eigenvalue weighted by atomic mass is 9.99. The van der Waals surface area contributed by atoms with Gasteiger partial charge in [-0.1, -0.05) is 24.3 Å². The molecule has 0 fully saturated rings. The molecule has 0 aromatic heterocycles. The van der Waals surface area contributed by atoms with Gasteiger partial charge >= 0.3 is 0 Å². The van der Waals surface area contributed by atoms with Crippen LogP contribution in [0.25, 0.3) is 5.57 Å². The summed E-state index contributed by atoms with van der Waals surface area (Å²) in [6, 6.07) is 7.92. The highest BCUT2D eigenvalue weighted by Crippen LogP contribution is 2.19. The fourth-order valence-electron chi connectivity index (χ4n) is 1.40. The predicted octanol–water partition coefficient (Wildman–Crippen LogP) is 1.33. The molecule has 0 unspecified atom stereocenters. The van der Waals surface area contributed by atoms with Crippen LogP contribution >= 0.6 is 0 Å². The number of carbonyl (C=O) groups excluding carboxylic acids is 1. The molecule has 1 aromatic carbocycles. The van der Waals surface area contributed by atoms with E-state index in [-0.39, 0.29) is 0 Å². The van der Waals surface area contributed by atoms with Gasteiger partial charge < -0.3 is 5.32 Å². The molecule has 2 rings (SSSR count). The molecule has 60 valence electrons. The topological polar surface area (TPSA) is 29.1 Å². The molecule has 0 aliphatic carbocycles. The van der Waals surface area contributed by atoms with Gasteiger partial charge in [-0.25, -0.2) is 0 Å². The molecule has 12 heavy (non-hydrogen) atoms. The third-order valence-electron chi connectivity index (χ3n) is 2.01. The van der Waals surface area contributed by atoms with Crippen molar-refractivity contribution < 1.29 is 4.79 Å². The van der Waals surface area contributed by atoms with Crippen molar-refractivity contribution in [3.8, 4) is 0 Å². The summed E-state index contributed by atoms with van der Waals surface area (Å²) in [5.74, 6) is 0. The average molecular weight is 159 g/mol. The Balaban J connectivity index is 2.55. The fraction of sp³-hybridized carbons (Fsp3) is 0.100. The van der Waals surface area contributed by atoms with E-state index >= 15 is 0 Å². The number of benzene rings is 1. The number of hydrogen-bond donors (Lipinski definition) is 1. The molecule has 0 atom stereocenters. The molecule has 1 aliphatic heterocycles. The minimum Gasteiger partial charge on any atom is -0.386 e. The van der Waals surface area contributed by atoms with Gasteiger partial charge in [0.05, 0.1) is 0 Å². The summed E-state index contributed by atoms with van der Waals surface area (Å²) in [6.07, 6.45) is 2.64. The second-order valence-corrected chi connectivity index (χ2v) is 2.76. The summed E-state index contributed by atoms with van der Waals surface area (Å²) in [6.45, 7) is 0.813. The molecule has 2 nitrogen and oxygen atoms in total. The second-order valence-electron chi connectivity index (χ2n) is 2.76. The van der Waals surface area contributed by atoms with Gasteiger partial charge in [-0.3, -0.25) is 4.79 Å². The highest BCUT2D eigenvalue weighted by molar-refractivity contribution is 6.07. The maximum absolute atomic E-state index is 10.6. The Morgan fingerprint density at radius 3 is 3.00 bits per heavy atom. The largest absolute Gasteiger partial charge is 0.386 e. The lowest BCUT2D eigenvalue weighted by Crippen LogP contribution is -2.13. The quantitative estimate of drug-likeness (QED) is 0.626. The van der Waals surface area contributed by atoms with E-state index in [1.165, 1.54) is 5.56 Å². The van der Waals surface area contributed by atoms with Crippen LogP contribution in [-0.4, -0.2) is 6.29 Å². The van der Waals surface area contributed by atoms with Crippen LogP contribution in [0.15, 0.2) is 30.5 Å². The van der Waals surface area contributed by atoms with Gasteiger partial charge in [-0.2, -0.15) is 0 Å². The van der Waals surface area contributed by atoms with Gasteiger partial charge in [-0.15, -0.1) is 0 Å². The zero-order valence-electron chi connectivity index (χ0n) is 6.58. The summed E-state index contributed by atoms with van der Waals surface area (Å²) >= 11 is 0. The standard InChI is InChI=1S/C10H9NO/c12-7-9-6-11-5-8-3-1-2-4-10(8)9/h1-4,6-7,11H,5H2. The van der Waals surface area contributed by atoms with Crippen LogP contribution in [0.2, 0.25) is 0 Å². The van der Waals surface area contributed by atoms with Crippen molar-refractivity contribution in [2.24, 2.45) is 0 Å². The lowest BCUT2D eigenvalue weighted by molar-refractivity contribution is -0.103. The minimum atomic E-state index is 0.733. The summed E-state index contributed by atoms with van der Waals surface area (Å²) in [7, 11) is 0. The molecule has 0 amide bonds. The number of carbonyl (C=O) groups is 1. The molecule has 0 saturated carbocycles. The number of fused-ring (bicyclic) bond motifs is 1. The van der Waals surface area contributed by atoms with E-state index in [4.69, 9.17) is 0 Å². The third-order valence-corrected chi connectivity index (χ3v) is 2.01. The highest BCUT2D eigenvalue weighted by atomic mass is 16.1. The molecule has 0 spiro atoms. The smallest absolute Gasteiger partial charge is 0.152 e. The average Bonchev–Trinajstić information content (AvgIpc) is 2.17. The summed E-state index contributed by atoms with van der Waals surface area (Å²) in [5, 5.41) is 3.05. The van der Waals surface area contributed by atoms with Gasteiger partial charge in [0.1, 0.15) is 0 Å². The lowest BCUT2D eigenvalue weighted by Gasteiger charge is -2.14. The van der Waals surface area contributed by atoms with Crippen LogP contribution < -0.4 is 5.32 Å². The van der Waals surface area contributed by atoms with Crippen LogP contribution in [0.3, 0.4) is 0 Å². The number of aldehydes is 1. The van der Waals surface area contributed by atoms with Gasteiger partial charge in [0.15, 0.2) is 6.29 Å². The first kappa shape index (κ1) is 7.10. The van der Waals surface area contributed by atoms with Crippen LogP contribution in [-0.2, 0) is 11.3 Å². The first-order chi connectivity index (χ1) is 5.92. The molecular formula is C10H9NO. The molecule has 1 aromatic rings.